The predicted molar refractivity (Wildman–Crippen MR) is 79.2 cm³/mol. The first-order valence-corrected chi connectivity index (χ1v) is 6.59. The molecule has 0 aromatic carbocycles. The smallest absolute Gasteiger partial charge is 0.465 e. The summed E-state index contributed by atoms with van der Waals surface area (Å²) in [6, 6.07) is 1.44. The van der Waals surface area contributed by atoms with Crippen LogP contribution in [0, 0.1) is 0 Å². The largest absolute Gasteiger partial charge is 0.525 e. The second-order valence-corrected chi connectivity index (χ2v) is 5.93. The Kier molecular flexibility index (Phi) is 3.62. The molecule has 2 heterocycles. The number of esters is 1. The van der Waals surface area contributed by atoms with Crippen LogP contribution in [0.15, 0.2) is 18.5 Å². The van der Waals surface area contributed by atoms with Crippen molar-refractivity contribution in [3.8, 4) is 0 Å². The van der Waals surface area contributed by atoms with E-state index < -0.39 is 22.1 Å². The zero-order valence-corrected chi connectivity index (χ0v) is 12.8. The van der Waals surface area contributed by atoms with Gasteiger partial charge in [0.2, 0.25) is 0 Å². The molecular formula is C15H17N2O5+. The molecule has 7 nitrogen and oxygen atoms in total. The van der Waals surface area contributed by atoms with E-state index in [1.54, 1.807) is 20.8 Å². The SMILES string of the molecule is COC(=O)C1=C[N+](C(=O)O)(C(C)(C)C)c2nccc(C=O)c21. The van der Waals surface area contributed by atoms with Crippen molar-refractivity contribution in [1.82, 2.24) is 9.47 Å². The number of quaternary nitrogens is 1. The highest BCUT2D eigenvalue weighted by molar-refractivity contribution is 6.23. The Labute approximate surface area is 127 Å². The molecule has 0 aliphatic carbocycles. The lowest BCUT2D eigenvalue weighted by molar-refractivity contribution is -0.133. The van der Waals surface area contributed by atoms with E-state index in [0.717, 1.165) is 0 Å². The number of methoxy groups -OCH3 is 1. The summed E-state index contributed by atoms with van der Waals surface area (Å²) >= 11 is 0. The second-order valence-electron chi connectivity index (χ2n) is 5.93. The van der Waals surface area contributed by atoms with Gasteiger partial charge in [0.15, 0.2) is 6.29 Å². The van der Waals surface area contributed by atoms with Gasteiger partial charge in [-0.25, -0.2) is 9.78 Å². The molecular weight excluding hydrogens is 288 g/mol. The topological polar surface area (TPSA) is 93.6 Å². The molecule has 1 N–H and O–H groups in total. The molecule has 0 saturated heterocycles. The zero-order chi connectivity index (χ0) is 16.7. The highest BCUT2D eigenvalue weighted by Gasteiger charge is 2.57. The van der Waals surface area contributed by atoms with Gasteiger partial charge in [-0.1, -0.05) is 0 Å². The number of hydrogen-bond acceptors (Lipinski definition) is 5. The molecule has 1 atom stereocenters. The van der Waals surface area contributed by atoms with Crippen molar-refractivity contribution in [2.24, 2.45) is 0 Å². The highest BCUT2D eigenvalue weighted by atomic mass is 16.5. The van der Waals surface area contributed by atoms with E-state index in [1.807, 2.05) is 0 Å². The van der Waals surface area contributed by atoms with Crippen LogP contribution in [0.3, 0.4) is 0 Å². The Morgan fingerprint density at radius 2 is 2.00 bits per heavy atom. The predicted octanol–water partition coefficient (Wildman–Crippen LogP) is 2.21. The maximum Gasteiger partial charge on any atom is 0.525 e. The molecule has 1 aromatic rings. The van der Waals surface area contributed by atoms with Gasteiger partial charge in [0.1, 0.15) is 17.3 Å². The molecule has 1 amide bonds. The van der Waals surface area contributed by atoms with E-state index in [4.69, 9.17) is 4.74 Å². The minimum atomic E-state index is -1.19. The highest BCUT2D eigenvalue weighted by Crippen LogP contribution is 2.45. The molecule has 0 radical (unpaired) electrons. The normalized spacial score (nSPS) is 20.1. The van der Waals surface area contributed by atoms with E-state index in [2.05, 4.69) is 4.98 Å². The molecule has 116 valence electrons. The molecule has 0 fully saturated rings. The molecule has 7 heteroatoms. The summed E-state index contributed by atoms with van der Waals surface area (Å²) in [7, 11) is 1.20. The van der Waals surface area contributed by atoms with Crippen molar-refractivity contribution in [3.63, 3.8) is 0 Å². The number of amides is 1. The lowest BCUT2D eigenvalue weighted by Gasteiger charge is -2.36. The number of carbonyl (C=O) groups excluding carboxylic acids is 2. The number of fused-ring (bicyclic) bond motifs is 1. The van der Waals surface area contributed by atoms with E-state index >= 15 is 0 Å². The van der Waals surface area contributed by atoms with Crippen molar-refractivity contribution in [1.29, 1.82) is 0 Å². The van der Waals surface area contributed by atoms with Crippen LogP contribution in [0.2, 0.25) is 0 Å². The number of carboxylic acid groups (broad SMARTS) is 1. The molecule has 0 saturated carbocycles. The fourth-order valence-corrected chi connectivity index (χ4v) is 2.63. The zero-order valence-electron chi connectivity index (χ0n) is 12.8. The quantitative estimate of drug-likeness (QED) is 0.511. The molecule has 0 spiro atoms. The summed E-state index contributed by atoms with van der Waals surface area (Å²) in [4.78, 5) is 39.5. The van der Waals surface area contributed by atoms with Crippen LogP contribution in [-0.2, 0) is 9.53 Å². The van der Waals surface area contributed by atoms with Crippen LogP contribution in [0.4, 0.5) is 10.6 Å². The molecule has 1 aliphatic heterocycles. The fourth-order valence-electron chi connectivity index (χ4n) is 2.63. The third kappa shape index (κ3) is 1.93. The maximum atomic E-state index is 12.0. The van der Waals surface area contributed by atoms with Gasteiger partial charge in [-0.15, -0.1) is 4.48 Å². The van der Waals surface area contributed by atoms with Gasteiger partial charge in [-0.2, -0.15) is 4.79 Å². The maximum absolute atomic E-state index is 12.0. The Morgan fingerprint density at radius 1 is 1.36 bits per heavy atom. The number of aldehydes is 1. The number of hydrogen-bond donors (Lipinski definition) is 1. The number of rotatable bonds is 2. The van der Waals surface area contributed by atoms with Crippen LogP contribution in [0.5, 0.6) is 0 Å². The molecule has 0 bridgehead atoms. The van der Waals surface area contributed by atoms with Gasteiger partial charge < -0.3 is 9.84 Å². The lowest BCUT2D eigenvalue weighted by atomic mass is 10.0. The van der Waals surface area contributed by atoms with Crippen molar-refractivity contribution >= 4 is 29.7 Å². The average molecular weight is 305 g/mol. The van der Waals surface area contributed by atoms with Crippen LogP contribution >= 0.6 is 0 Å². The van der Waals surface area contributed by atoms with Crippen molar-refractivity contribution in [3.05, 3.63) is 29.6 Å². The second kappa shape index (κ2) is 5.03. The van der Waals surface area contributed by atoms with Gasteiger partial charge in [-0.3, -0.25) is 4.79 Å². The average Bonchev–Trinajstić information content (AvgIpc) is 2.82. The Hall–Kier alpha value is -2.54. The van der Waals surface area contributed by atoms with Crippen LogP contribution in [-0.4, -0.2) is 41.1 Å². The van der Waals surface area contributed by atoms with Crippen LogP contribution in [0.25, 0.3) is 5.57 Å². The number of aromatic nitrogens is 1. The lowest BCUT2D eigenvalue weighted by Crippen LogP contribution is -2.60. The van der Waals surface area contributed by atoms with E-state index in [1.165, 1.54) is 25.6 Å². The monoisotopic (exact) mass is 305 g/mol. The summed E-state index contributed by atoms with van der Waals surface area (Å²) < 4.78 is 4.04. The number of pyridine rings is 1. The van der Waals surface area contributed by atoms with Crippen molar-refractivity contribution < 1.29 is 24.2 Å². The first-order valence-electron chi connectivity index (χ1n) is 6.59. The number of carbonyl (C=O) groups is 3. The Balaban J connectivity index is 2.92. The number of ether oxygens (including phenoxy) is 1. The summed E-state index contributed by atoms with van der Waals surface area (Å²) in [5.41, 5.74) is -0.385. The minimum absolute atomic E-state index is 0.0324. The third-order valence-corrected chi connectivity index (χ3v) is 3.78. The van der Waals surface area contributed by atoms with Gasteiger partial charge >= 0.3 is 12.1 Å². The van der Waals surface area contributed by atoms with E-state index in [-0.39, 0.29) is 22.5 Å². The van der Waals surface area contributed by atoms with Gasteiger partial charge in [0, 0.05) is 11.8 Å². The summed E-state index contributed by atoms with van der Waals surface area (Å²) in [5.74, 6) is -0.576. The van der Waals surface area contributed by atoms with Crippen molar-refractivity contribution in [2.45, 2.75) is 26.3 Å². The molecule has 22 heavy (non-hydrogen) atoms. The molecule has 1 unspecified atom stereocenters. The van der Waals surface area contributed by atoms with E-state index in [9.17, 15) is 19.5 Å². The van der Waals surface area contributed by atoms with Crippen LogP contribution < -0.4 is 4.48 Å². The first kappa shape index (κ1) is 15.8. The Morgan fingerprint density at radius 3 is 2.45 bits per heavy atom. The number of nitrogens with zero attached hydrogens (tertiary/aromatic N) is 2. The minimum Gasteiger partial charge on any atom is -0.465 e. The van der Waals surface area contributed by atoms with Crippen molar-refractivity contribution in [2.75, 3.05) is 7.11 Å². The summed E-state index contributed by atoms with van der Waals surface area (Å²) in [6.45, 7) is 5.16. The third-order valence-electron chi connectivity index (χ3n) is 3.78. The standard InChI is InChI=1S/C15H16N2O5/c1-15(2,3)17(14(20)21)7-10(13(19)22-4)11-9(8-18)5-6-16-12(11)17/h5-8H,1-4H3/p+1. The summed E-state index contributed by atoms with van der Waals surface area (Å²) in [6.07, 6.45) is 2.03. The molecule has 1 aromatic heterocycles. The molecule has 2 rings (SSSR count). The fraction of sp³-hybridized carbons (Fsp3) is 0.333. The van der Waals surface area contributed by atoms with E-state index in [0.29, 0.717) is 6.29 Å². The summed E-state index contributed by atoms with van der Waals surface area (Å²) in [5, 5.41) is 9.83. The van der Waals surface area contributed by atoms with Gasteiger partial charge in [0.05, 0.1) is 12.7 Å². The van der Waals surface area contributed by atoms with Gasteiger partial charge in [0.25, 0.3) is 5.82 Å². The van der Waals surface area contributed by atoms with Gasteiger partial charge in [-0.05, 0) is 26.8 Å². The first-order chi connectivity index (χ1) is 10.2. The Bertz CT molecular complexity index is 702. The molecule has 1 aliphatic rings. The van der Waals surface area contributed by atoms with Crippen LogP contribution in [0.1, 0.15) is 36.7 Å².